The fourth-order valence-corrected chi connectivity index (χ4v) is 5.74. The van der Waals surface area contributed by atoms with Crippen LogP contribution in [0.15, 0.2) is 150 Å². The second-order valence-corrected chi connectivity index (χ2v) is 10.2. The molecule has 41 heavy (non-hydrogen) atoms. The summed E-state index contributed by atoms with van der Waals surface area (Å²) in [6.07, 6.45) is 1.83. The summed E-state index contributed by atoms with van der Waals surface area (Å²) in [6, 6.07) is 48.4. The van der Waals surface area contributed by atoms with Crippen LogP contribution < -0.4 is 0 Å². The van der Waals surface area contributed by atoms with E-state index in [0.29, 0.717) is 0 Å². The van der Waals surface area contributed by atoms with Crippen molar-refractivity contribution in [2.45, 2.75) is 0 Å². The topological polar surface area (TPSA) is 38.9 Å². The smallest absolute Gasteiger partial charge is 0.134 e. The highest BCUT2D eigenvalue weighted by atomic mass is 16.3. The van der Waals surface area contributed by atoms with Gasteiger partial charge in [0.05, 0.1) is 16.7 Å². The van der Waals surface area contributed by atoms with Crippen LogP contribution in [0.5, 0.6) is 0 Å². The summed E-state index contributed by atoms with van der Waals surface area (Å²) in [6.45, 7) is 0. The first-order chi connectivity index (χ1) is 20.3. The summed E-state index contributed by atoms with van der Waals surface area (Å²) < 4.78 is 6.26. The molecule has 8 aromatic rings. The molecule has 3 heterocycles. The van der Waals surface area contributed by atoms with Crippen molar-refractivity contribution in [1.82, 2.24) is 9.97 Å². The van der Waals surface area contributed by atoms with E-state index in [-0.39, 0.29) is 0 Å². The fourth-order valence-electron chi connectivity index (χ4n) is 5.74. The molecule has 0 saturated heterocycles. The van der Waals surface area contributed by atoms with Crippen molar-refractivity contribution < 1.29 is 4.42 Å². The molecule has 0 unspecified atom stereocenters. The zero-order chi connectivity index (χ0) is 27.2. The van der Waals surface area contributed by atoms with Gasteiger partial charge in [0.25, 0.3) is 0 Å². The summed E-state index contributed by atoms with van der Waals surface area (Å²) in [5.41, 5.74) is 8.34. The minimum atomic E-state index is 0.854. The third-order valence-corrected chi connectivity index (χ3v) is 7.75. The van der Waals surface area contributed by atoms with E-state index in [1.165, 1.54) is 16.3 Å². The van der Waals surface area contributed by atoms with Gasteiger partial charge in [0.15, 0.2) is 0 Å². The van der Waals surface area contributed by atoms with Gasteiger partial charge in [0.1, 0.15) is 11.5 Å². The average Bonchev–Trinajstić information content (AvgIpc) is 3.55. The molecule has 0 radical (unpaired) electrons. The Morgan fingerprint density at radius 3 is 1.95 bits per heavy atom. The van der Waals surface area contributed by atoms with E-state index >= 15 is 0 Å². The van der Waals surface area contributed by atoms with Gasteiger partial charge in [-0.2, -0.15) is 0 Å². The number of pyridine rings is 2. The highest BCUT2D eigenvalue weighted by Gasteiger charge is 2.13. The first kappa shape index (κ1) is 23.4. The van der Waals surface area contributed by atoms with Crippen molar-refractivity contribution in [3.8, 4) is 45.0 Å². The number of hydrogen-bond acceptors (Lipinski definition) is 3. The second kappa shape index (κ2) is 9.58. The van der Waals surface area contributed by atoms with Crippen molar-refractivity contribution in [3.63, 3.8) is 0 Å². The summed E-state index contributed by atoms with van der Waals surface area (Å²) in [7, 11) is 0. The van der Waals surface area contributed by atoms with Crippen molar-refractivity contribution in [2.75, 3.05) is 0 Å². The van der Waals surface area contributed by atoms with Gasteiger partial charge in [-0.15, -0.1) is 0 Å². The zero-order valence-electron chi connectivity index (χ0n) is 22.2. The molecule has 3 aromatic heterocycles. The molecule has 0 fully saturated rings. The van der Waals surface area contributed by atoms with Crippen LogP contribution >= 0.6 is 0 Å². The molecule has 0 aliphatic heterocycles. The number of aromatic nitrogens is 2. The lowest BCUT2D eigenvalue weighted by Gasteiger charge is -2.13. The molecule has 0 bridgehead atoms. The van der Waals surface area contributed by atoms with E-state index in [4.69, 9.17) is 9.40 Å². The Morgan fingerprint density at radius 2 is 1.10 bits per heavy atom. The maximum absolute atomic E-state index is 6.26. The molecule has 0 spiro atoms. The number of furan rings is 1. The zero-order valence-corrected chi connectivity index (χ0v) is 22.2. The van der Waals surface area contributed by atoms with Crippen LogP contribution in [0.25, 0.3) is 77.6 Å². The van der Waals surface area contributed by atoms with Gasteiger partial charge >= 0.3 is 0 Å². The van der Waals surface area contributed by atoms with E-state index in [1.54, 1.807) is 0 Å². The monoisotopic (exact) mass is 524 g/mol. The quantitative estimate of drug-likeness (QED) is 0.215. The standard InChI is InChI=1S/C38H24N2O/c1-2-8-25(9-3-1)35-21-22-36(41-35)29-11-6-10-28(24-29)30-18-19-33(32-14-5-4-13-31(30)32)34-20-17-27-16-15-26-12-7-23-39-37(26)38(27)40-34/h1-24H. The van der Waals surface area contributed by atoms with Crippen LogP contribution in [0.2, 0.25) is 0 Å². The van der Waals surface area contributed by atoms with Crippen molar-refractivity contribution in [1.29, 1.82) is 0 Å². The molecule has 8 rings (SSSR count). The Kier molecular flexibility index (Phi) is 5.46. The molecule has 0 saturated carbocycles. The largest absolute Gasteiger partial charge is 0.456 e. The Morgan fingerprint density at radius 1 is 0.439 bits per heavy atom. The van der Waals surface area contributed by atoms with Gasteiger partial charge in [0, 0.05) is 33.7 Å². The van der Waals surface area contributed by atoms with E-state index < -0.39 is 0 Å². The summed E-state index contributed by atoms with van der Waals surface area (Å²) in [5.74, 6) is 1.72. The molecule has 3 nitrogen and oxygen atoms in total. The molecule has 0 atom stereocenters. The van der Waals surface area contributed by atoms with Gasteiger partial charge in [-0.05, 0) is 52.2 Å². The van der Waals surface area contributed by atoms with Crippen molar-refractivity contribution >= 4 is 32.6 Å². The van der Waals surface area contributed by atoms with E-state index in [1.807, 2.05) is 42.6 Å². The summed E-state index contributed by atoms with van der Waals surface area (Å²) in [5, 5.41) is 4.53. The lowest BCUT2D eigenvalue weighted by molar-refractivity contribution is 0.597. The number of nitrogens with zero attached hydrogens (tertiary/aromatic N) is 2. The summed E-state index contributed by atoms with van der Waals surface area (Å²) in [4.78, 5) is 9.77. The minimum absolute atomic E-state index is 0.854. The number of hydrogen-bond donors (Lipinski definition) is 0. The van der Waals surface area contributed by atoms with Gasteiger partial charge in [0.2, 0.25) is 0 Å². The highest BCUT2D eigenvalue weighted by molar-refractivity contribution is 6.07. The number of rotatable bonds is 4. The van der Waals surface area contributed by atoms with Gasteiger partial charge in [-0.1, -0.05) is 109 Å². The molecular formula is C38H24N2O. The number of benzene rings is 5. The molecule has 0 aliphatic rings. The minimum Gasteiger partial charge on any atom is -0.456 e. The molecule has 192 valence electrons. The van der Waals surface area contributed by atoms with Crippen LogP contribution in [-0.2, 0) is 0 Å². The predicted octanol–water partition coefficient (Wildman–Crippen LogP) is 10.2. The normalized spacial score (nSPS) is 11.4. The second-order valence-electron chi connectivity index (χ2n) is 10.2. The third-order valence-electron chi connectivity index (χ3n) is 7.75. The van der Waals surface area contributed by atoms with E-state index in [2.05, 4.69) is 108 Å². The van der Waals surface area contributed by atoms with Crippen LogP contribution in [-0.4, -0.2) is 9.97 Å². The van der Waals surface area contributed by atoms with Gasteiger partial charge in [-0.3, -0.25) is 4.98 Å². The Bertz CT molecular complexity index is 2210. The van der Waals surface area contributed by atoms with Gasteiger partial charge in [-0.25, -0.2) is 4.98 Å². The highest BCUT2D eigenvalue weighted by Crippen LogP contribution is 2.38. The van der Waals surface area contributed by atoms with Gasteiger partial charge < -0.3 is 4.42 Å². The lowest BCUT2D eigenvalue weighted by Crippen LogP contribution is -1.91. The molecule has 3 heteroatoms. The van der Waals surface area contributed by atoms with Crippen molar-refractivity contribution in [3.05, 3.63) is 146 Å². The third kappa shape index (κ3) is 4.07. The molecular weight excluding hydrogens is 500 g/mol. The molecule has 0 amide bonds. The Labute approximate surface area is 237 Å². The molecule has 0 N–H and O–H groups in total. The summed E-state index contributed by atoms with van der Waals surface area (Å²) >= 11 is 0. The molecule has 0 aliphatic carbocycles. The van der Waals surface area contributed by atoms with E-state index in [0.717, 1.165) is 61.3 Å². The first-order valence-electron chi connectivity index (χ1n) is 13.7. The number of fused-ring (bicyclic) bond motifs is 4. The maximum atomic E-state index is 6.26. The average molecular weight is 525 g/mol. The predicted molar refractivity (Wildman–Crippen MR) is 169 cm³/mol. The maximum Gasteiger partial charge on any atom is 0.134 e. The van der Waals surface area contributed by atoms with E-state index in [9.17, 15) is 0 Å². The first-order valence-corrected chi connectivity index (χ1v) is 13.7. The van der Waals surface area contributed by atoms with Crippen LogP contribution in [0, 0.1) is 0 Å². The molecule has 5 aromatic carbocycles. The van der Waals surface area contributed by atoms with Crippen LogP contribution in [0.1, 0.15) is 0 Å². The van der Waals surface area contributed by atoms with Crippen LogP contribution in [0.3, 0.4) is 0 Å². The van der Waals surface area contributed by atoms with Crippen molar-refractivity contribution in [2.24, 2.45) is 0 Å². The Balaban J connectivity index is 1.23. The fraction of sp³-hybridized carbons (Fsp3) is 0. The SMILES string of the molecule is c1ccc(-c2ccc(-c3cccc(-c4ccc(-c5ccc6ccc7cccnc7c6n5)c5ccccc45)c3)o2)cc1. The van der Waals surface area contributed by atoms with Crippen LogP contribution in [0.4, 0.5) is 0 Å². The lowest BCUT2D eigenvalue weighted by atomic mass is 9.92. The Hall–Kier alpha value is -5.54.